The molecule has 4 heterocycles. The van der Waals surface area contributed by atoms with Crippen LogP contribution in [0.3, 0.4) is 0 Å². The Morgan fingerprint density at radius 1 is 0.867 bits per heavy atom. The highest BCUT2D eigenvalue weighted by atomic mass is 32.2. The van der Waals surface area contributed by atoms with E-state index >= 15 is 0 Å². The summed E-state index contributed by atoms with van der Waals surface area (Å²) in [5.74, 6) is 2.46. The van der Waals surface area contributed by atoms with Gasteiger partial charge in [0.25, 0.3) is 0 Å². The van der Waals surface area contributed by atoms with E-state index in [0.717, 1.165) is 59.2 Å². The van der Waals surface area contributed by atoms with Gasteiger partial charge in [-0.05, 0) is 43.1 Å². The Labute approximate surface area is 179 Å². The molecular weight excluding hydrogens is 394 g/mol. The van der Waals surface area contributed by atoms with E-state index in [4.69, 9.17) is 9.97 Å². The molecule has 5 rings (SSSR count). The fourth-order valence-corrected chi connectivity index (χ4v) is 4.23. The van der Waals surface area contributed by atoms with Crippen molar-refractivity contribution in [2.45, 2.75) is 10.1 Å². The summed E-state index contributed by atoms with van der Waals surface area (Å²) < 4.78 is 1.85. The summed E-state index contributed by atoms with van der Waals surface area (Å²) in [4.78, 5) is 15.4. The highest BCUT2D eigenvalue weighted by Crippen LogP contribution is 2.29. The molecule has 1 aliphatic heterocycles. The first-order valence-corrected chi connectivity index (χ1v) is 10.8. The maximum Gasteiger partial charge on any atom is 0.196 e. The van der Waals surface area contributed by atoms with E-state index in [9.17, 15) is 0 Å². The largest absolute Gasteiger partial charge is 0.354 e. The first-order chi connectivity index (χ1) is 14.7. The minimum absolute atomic E-state index is 0.726. The maximum atomic E-state index is 4.86. The molecule has 3 aromatic heterocycles. The Bertz CT molecular complexity index is 1100. The zero-order valence-electron chi connectivity index (χ0n) is 16.8. The Hall–Kier alpha value is -3.10. The van der Waals surface area contributed by atoms with Crippen LogP contribution in [0, 0.1) is 0 Å². The fourth-order valence-electron chi connectivity index (χ4n) is 3.44. The molecule has 1 saturated heterocycles. The molecule has 1 fully saturated rings. The van der Waals surface area contributed by atoms with Crippen LogP contribution in [0.5, 0.6) is 0 Å². The number of fused-ring (bicyclic) bond motifs is 1. The van der Waals surface area contributed by atoms with Gasteiger partial charge in [0.1, 0.15) is 11.6 Å². The molecule has 7 nitrogen and oxygen atoms in total. The highest BCUT2D eigenvalue weighted by molar-refractivity contribution is 7.99. The Balaban J connectivity index is 1.46. The lowest BCUT2D eigenvalue weighted by atomic mass is 10.3. The number of pyridine rings is 1. The van der Waals surface area contributed by atoms with Gasteiger partial charge in [0.05, 0.1) is 5.52 Å². The number of hydrogen-bond donors (Lipinski definition) is 1. The van der Waals surface area contributed by atoms with Crippen LogP contribution in [-0.2, 0) is 0 Å². The van der Waals surface area contributed by atoms with Crippen molar-refractivity contribution in [1.82, 2.24) is 24.5 Å². The summed E-state index contributed by atoms with van der Waals surface area (Å²) in [5.41, 5.74) is 1.03. The third kappa shape index (κ3) is 4.24. The number of benzene rings is 1. The van der Waals surface area contributed by atoms with Crippen LogP contribution in [0.4, 0.5) is 17.5 Å². The van der Waals surface area contributed by atoms with Gasteiger partial charge in [0, 0.05) is 49.4 Å². The molecule has 0 amide bonds. The first-order valence-electron chi connectivity index (χ1n) is 10.00. The molecule has 30 heavy (non-hydrogen) atoms. The molecular formula is C22H23N7S. The minimum atomic E-state index is 0.726. The lowest BCUT2D eigenvalue weighted by Gasteiger charge is -2.33. The van der Waals surface area contributed by atoms with Crippen LogP contribution < -0.4 is 10.2 Å². The van der Waals surface area contributed by atoms with Gasteiger partial charge in [-0.25, -0.2) is 14.5 Å². The van der Waals surface area contributed by atoms with Crippen LogP contribution in [-0.4, -0.2) is 57.7 Å². The Morgan fingerprint density at radius 2 is 1.67 bits per heavy atom. The topological polar surface area (TPSA) is 61.6 Å². The van der Waals surface area contributed by atoms with Gasteiger partial charge in [-0.1, -0.05) is 24.3 Å². The van der Waals surface area contributed by atoms with Crippen LogP contribution in [0.2, 0.25) is 0 Å². The molecule has 0 radical (unpaired) electrons. The van der Waals surface area contributed by atoms with Gasteiger partial charge in [-0.3, -0.25) is 0 Å². The lowest BCUT2D eigenvalue weighted by molar-refractivity contribution is 0.312. The van der Waals surface area contributed by atoms with Crippen molar-refractivity contribution >= 4 is 34.7 Å². The number of likely N-dealkylation sites (N-methyl/N-ethyl adjacent to an activating group) is 1. The van der Waals surface area contributed by atoms with E-state index in [2.05, 4.69) is 39.4 Å². The summed E-state index contributed by atoms with van der Waals surface area (Å²) >= 11 is 1.57. The van der Waals surface area contributed by atoms with Crippen LogP contribution in [0.15, 0.2) is 76.9 Å². The smallest absolute Gasteiger partial charge is 0.196 e. The summed E-state index contributed by atoms with van der Waals surface area (Å²) in [5, 5.41) is 8.69. The zero-order valence-corrected chi connectivity index (χ0v) is 17.6. The average Bonchev–Trinajstić information content (AvgIpc) is 3.17. The lowest BCUT2D eigenvalue weighted by Crippen LogP contribution is -2.44. The van der Waals surface area contributed by atoms with Gasteiger partial charge in [-0.15, -0.1) is 0 Å². The predicted molar refractivity (Wildman–Crippen MR) is 121 cm³/mol. The number of nitrogens with zero attached hydrogens (tertiary/aromatic N) is 6. The van der Waals surface area contributed by atoms with Gasteiger partial charge < -0.3 is 15.1 Å². The molecule has 1 aromatic carbocycles. The number of piperazine rings is 1. The van der Waals surface area contributed by atoms with Crippen LogP contribution in [0.25, 0.3) is 5.52 Å². The predicted octanol–water partition coefficient (Wildman–Crippen LogP) is 3.77. The van der Waals surface area contributed by atoms with Crippen LogP contribution >= 0.6 is 11.8 Å². The molecule has 8 heteroatoms. The summed E-state index contributed by atoms with van der Waals surface area (Å²) in [7, 11) is 2.16. The number of nitrogens with one attached hydrogen (secondary N) is 1. The minimum Gasteiger partial charge on any atom is -0.354 e. The van der Waals surface area contributed by atoms with E-state index in [-0.39, 0.29) is 0 Å². The monoisotopic (exact) mass is 417 g/mol. The molecule has 0 unspecified atom stereocenters. The van der Waals surface area contributed by atoms with Crippen LogP contribution in [0.1, 0.15) is 0 Å². The van der Waals surface area contributed by atoms with Crippen molar-refractivity contribution < 1.29 is 0 Å². The molecule has 0 spiro atoms. The molecule has 1 aliphatic rings. The molecule has 4 aromatic rings. The quantitative estimate of drug-likeness (QED) is 0.496. The average molecular weight is 418 g/mol. The van der Waals surface area contributed by atoms with Gasteiger partial charge in [-0.2, -0.15) is 5.10 Å². The normalized spacial score (nSPS) is 14.9. The van der Waals surface area contributed by atoms with Crippen molar-refractivity contribution in [2.75, 3.05) is 43.4 Å². The first kappa shape index (κ1) is 18.9. The molecule has 0 bridgehead atoms. The van der Waals surface area contributed by atoms with E-state index in [1.807, 2.05) is 59.2 Å². The molecule has 0 aliphatic carbocycles. The molecule has 0 saturated carbocycles. The standard InChI is InChI=1S/C22H23N7S/c1-27-11-13-28(14-12-27)21-16-19(23-20-15-17-7-5-6-10-29(17)26-20)24-22(25-21)30-18-8-3-2-4-9-18/h2-10,15-16H,11-14H2,1H3,(H,23,24,25,26). The second-order valence-electron chi connectivity index (χ2n) is 7.32. The Kier molecular flexibility index (Phi) is 5.25. The number of anilines is 3. The summed E-state index contributed by atoms with van der Waals surface area (Å²) in [6, 6.07) is 20.3. The second-order valence-corrected chi connectivity index (χ2v) is 8.36. The van der Waals surface area contributed by atoms with Crippen molar-refractivity contribution in [3.05, 3.63) is 66.9 Å². The third-order valence-electron chi connectivity index (χ3n) is 5.10. The van der Waals surface area contributed by atoms with Crippen molar-refractivity contribution in [3.63, 3.8) is 0 Å². The zero-order chi connectivity index (χ0) is 20.3. The molecule has 0 atom stereocenters. The SMILES string of the molecule is CN1CCN(c2cc(Nc3cc4ccccn4n3)nc(Sc3ccccc3)n2)CC1. The van der Waals surface area contributed by atoms with Gasteiger partial charge in [0.15, 0.2) is 11.0 Å². The third-order valence-corrected chi connectivity index (χ3v) is 5.97. The highest BCUT2D eigenvalue weighted by Gasteiger charge is 2.18. The maximum absolute atomic E-state index is 4.86. The van der Waals surface area contributed by atoms with E-state index in [1.165, 1.54) is 0 Å². The van der Waals surface area contributed by atoms with Gasteiger partial charge in [0.2, 0.25) is 0 Å². The number of hydrogen-bond acceptors (Lipinski definition) is 7. The molecule has 152 valence electrons. The van der Waals surface area contributed by atoms with E-state index < -0.39 is 0 Å². The number of aromatic nitrogens is 4. The van der Waals surface area contributed by atoms with E-state index in [1.54, 1.807) is 11.8 Å². The Morgan fingerprint density at radius 3 is 2.47 bits per heavy atom. The van der Waals surface area contributed by atoms with E-state index in [0.29, 0.717) is 0 Å². The van der Waals surface area contributed by atoms with Crippen molar-refractivity contribution in [1.29, 1.82) is 0 Å². The number of rotatable bonds is 5. The van der Waals surface area contributed by atoms with Gasteiger partial charge >= 0.3 is 0 Å². The second kappa shape index (κ2) is 8.33. The van der Waals surface area contributed by atoms with Crippen molar-refractivity contribution in [2.24, 2.45) is 0 Å². The summed E-state index contributed by atoms with van der Waals surface area (Å²) in [6.07, 6.45) is 1.94. The fraction of sp³-hybridized carbons (Fsp3) is 0.227. The molecule has 1 N–H and O–H groups in total. The summed E-state index contributed by atoms with van der Waals surface area (Å²) in [6.45, 7) is 3.97. The van der Waals surface area contributed by atoms with Crippen molar-refractivity contribution in [3.8, 4) is 0 Å².